The van der Waals surface area contributed by atoms with Crippen molar-refractivity contribution in [1.29, 1.82) is 0 Å². The monoisotopic (exact) mass is 551 g/mol. The lowest BCUT2D eigenvalue weighted by Gasteiger charge is -2.19. The molecule has 0 aliphatic rings. The average Bonchev–Trinajstić information content (AvgIpc) is 3.51. The molecule has 0 amide bonds. The van der Waals surface area contributed by atoms with E-state index in [1.807, 2.05) is 54.6 Å². The van der Waals surface area contributed by atoms with E-state index in [2.05, 4.69) is 72.8 Å². The Morgan fingerprint density at radius 1 is 0.419 bits per heavy atom. The fourth-order valence-electron chi connectivity index (χ4n) is 6.75. The molecular weight excluding hydrogens is 520 g/mol. The van der Waals surface area contributed by atoms with Crippen LogP contribution in [0.4, 0.5) is 0 Å². The molecule has 0 N–H and O–H groups in total. The van der Waals surface area contributed by atoms with Gasteiger partial charge in [0.15, 0.2) is 0 Å². The van der Waals surface area contributed by atoms with Crippen LogP contribution >= 0.6 is 0 Å². The van der Waals surface area contributed by atoms with Gasteiger partial charge in [-0.25, -0.2) is 0 Å². The summed E-state index contributed by atoms with van der Waals surface area (Å²) in [4.78, 5) is 0. The molecule has 0 atom stereocenters. The lowest BCUT2D eigenvalue weighted by Crippen LogP contribution is -1.92. The van der Waals surface area contributed by atoms with Gasteiger partial charge in [-0.2, -0.15) is 0 Å². The van der Waals surface area contributed by atoms with Crippen molar-refractivity contribution in [2.24, 2.45) is 0 Å². The number of benzene rings is 8. The SMILES string of the molecule is [2H]c1c([2H])c([2H])c(-c2c3ccccc3c(-c3cc(-c4cccc5ccccc45)cc4oc5ccccc5c34)c3ccccc23)c([2H])c1[2H]. The molecule has 0 aliphatic carbocycles. The van der Waals surface area contributed by atoms with Crippen LogP contribution in [-0.2, 0) is 0 Å². The van der Waals surface area contributed by atoms with Crippen LogP contribution in [0.5, 0.6) is 0 Å². The zero-order chi connectivity index (χ0) is 32.7. The highest BCUT2D eigenvalue weighted by Gasteiger charge is 2.21. The number of furan rings is 1. The molecule has 0 fully saturated rings. The van der Waals surface area contributed by atoms with Gasteiger partial charge in [0.2, 0.25) is 0 Å². The summed E-state index contributed by atoms with van der Waals surface area (Å²) < 4.78 is 49.6. The van der Waals surface area contributed by atoms with Crippen molar-refractivity contribution < 1.29 is 11.3 Å². The summed E-state index contributed by atoms with van der Waals surface area (Å²) in [6, 6.07) is 41.6. The summed E-state index contributed by atoms with van der Waals surface area (Å²) in [5.74, 6) is 0. The maximum absolute atomic E-state index is 8.92. The van der Waals surface area contributed by atoms with Crippen LogP contribution in [0, 0.1) is 0 Å². The minimum absolute atomic E-state index is 0.198. The van der Waals surface area contributed by atoms with Gasteiger partial charge in [-0.15, -0.1) is 0 Å². The molecule has 0 radical (unpaired) electrons. The maximum atomic E-state index is 8.92. The van der Waals surface area contributed by atoms with Crippen molar-refractivity contribution in [3.8, 4) is 33.4 Å². The first-order chi connectivity index (χ1) is 23.4. The lowest BCUT2D eigenvalue weighted by molar-refractivity contribution is 0.669. The van der Waals surface area contributed by atoms with Gasteiger partial charge in [-0.1, -0.05) is 139 Å². The number of hydrogen-bond acceptors (Lipinski definition) is 1. The molecule has 43 heavy (non-hydrogen) atoms. The third-order valence-electron chi connectivity index (χ3n) is 8.53. The van der Waals surface area contributed by atoms with Gasteiger partial charge >= 0.3 is 0 Å². The van der Waals surface area contributed by atoms with Gasteiger partial charge in [0.05, 0.1) is 6.85 Å². The van der Waals surface area contributed by atoms with E-state index in [0.717, 1.165) is 76.5 Å². The Kier molecular flexibility index (Phi) is 4.27. The highest BCUT2D eigenvalue weighted by molar-refractivity contribution is 6.26. The summed E-state index contributed by atoms with van der Waals surface area (Å²) >= 11 is 0. The predicted octanol–water partition coefficient (Wildman–Crippen LogP) is 12.0. The molecule has 1 nitrogen and oxygen atoms in total. The first-order valence-electron chi connectivity index (χ1n) is 16.9. The van der Waals surface area contributed by atoms with Gasteiger partial charge in [-0.3, -0.25) is 0 Å². The molecule has 0 saturated carbocycles. The zero-order valence-electron chi connectivity index (χ0n) is 28.0. The van der Waals surface area contributed by atoms with Crippen molar-refractivity contribution in [1.82, 2.24) is 0 Å². The Labute approximate surface area is 256 Å². The fraction of sp³-hybridized carbons (Fsp3) is 0. The first-order valence-corrected chi connectivity index (χ1v) is 14.4. The van der Waals surface area contributed by atoms with Gasteiger partial charge in [0.25, 0.3) is 0 Å². The van der Waals surface area contributed by atoms with E-state index in [0.29, 0.717) is 5.56 Å². The fourth-order valence-corrected chi connectivity index (χ4v) is 6.75. The summed E-state index contributed by atoms with van der Waals surface area (Å²) in [6.45, 7) is 0. The third-order valence-corrected chi connectivity index (χ3v) is 8.53. The van der Waals surface area contributed by atoms with E-state index in [1.165, 1.54) is 0 Å². The Hall–Kier alpha value is -5.66. The molecule has 200 valence electrons. The first kappa shape index (κ1) is 19.5. The molecule has 9 rings (SSSR count). The maximum Gasteiger partial charge on any atom is 0.136 e. The second-order valence-electron chi connectivity index (χ2n) is 10.9. The van der Waals surface area contributed by atoms with E-state index in [4.69, 9.17) is 11.3 Å². The zero-order valence-corrected chi connectivity index (χ0v) is 23.0. The van der Waals surface area contributed by atoms with E-state index in [9.17, 15) is 0 Å². The van der Waals surface area contributed by atoms with Crippen molar-refractivity contribution >= 4 is 54.3 Å². The van der Waals surface area contributed by atoms with Gasteiger partial charge in [-0.05, 0) is 83.9 Å². The molecular formula is C42H26O. The van der Waals surface area contributed by atoms with Crippen LogP contribution in [0.25, 0.3) is 87.6 Å². The standard InChI is InChI=1S/C42H26O/c1-2-14-28(15-3-1)40-32-18-6-8-20-34(32)41(35-21-9-7-19-33(35)40)37-25-29(31-23-12-16-27-13-4-5-17-30(27)31)26-39-42(37)36-22-10-11-24-38(36)43-39/h1-26H/i1D,2D,3D,14D,15D. The Morgan fingerprint density at radius 2 is 1.00 bits per heavy atom. The minimum atomic E-state index is -0.404. The van der Waals surface area contributed by atoms with E-state index in [-0.39, 0.29) is 29.7 Å². The second kappa shape index (κ2) is 9.44. The summed E-state index contributed by atoms with van der Waals surface area (Å²) in [5.41, 5.74) is 6.52. The molecule has 0 unspecified atom stereocenters. The quantitative estimate of drug-likeness (QED) is 0.199. The van der Waals surface area contributed by atoms with Crippen LogP contribution in [0.1, 0.15) is 6.85 Å². The normalized spacial score (nSPS) is 13.3. The lowest BCUT2D eigenvalue weighted by atomic mass is 9.84. The van der Waals surface area contributed by atoms with Gasteiger partial charge < -0.3 is 4.42 Å². The van der Waals surface area contributed by atoms with Crippen LogP contribution in [0.2, 0.25) is 0 Å². The summed E-state index contributed by atoms with van der Waals surface area (Å²) in [5, 5.41) is 7.75. The minimum Gasteiger partial charge on any atom is -0.456 e. The molecule has 9 aromatic rings. The number of hydrogen-bond donors (Lipinski definition) is 0. The van der Waals surface area contributed by atoms with Gasteiger partial charge in [0, 0.05) is 10.8 Å². The van der Waals surface area contributed by atoms with E-state index < -0.39 is 6.04 Å². The predicted molar refractivity (Wildman–Crippen MR) is 183 cm³/mol. The van der Waals surface area contributed by atoms with Crippen molar-refractivity contribution in [2.75, 3.05) is 0 Å². The molecule has 1 heterocycles. The van der Waals surface area contributed by atoms with Crippen LogP contribution < -0.4 is 0 Å². The second-order valence-corrected chi connectivity index (χ2v) is 10.9. The highest BCUT2D eigenvalue weighted by atomic mass is 16.3. The summed E-state index contributed by atoms with van der Waals surface area (Å²) in [6.07, 6.45) is 0. The summed E-state index contributed by atoms with van der Waals surface area (Å²) in [7, 11) is 0. The Balaban J connectivity index is 1.48. The van der Waals surface area contributed by atoms with Crippen molar-refractivity contribution in [2.45, 2.75) is 0 Å². The Bertz CT molecular complexity index is 2700. The molecule has 0 bridgehead atoms. The average molecular weight is 552 g/mol. The molecule has 1 heteroatoms. The number of para-hydroxylation sites is 1. The van der Waals surface area contributed by atoms with Crippen LogP contribution in [0.3, 0.4) is 0 Å². The molecule has 0 saturated heterocycles. The highest BCUT2D eigenvalue weighted by Crippen LogP contribution is 2.48. The topological polar surface area (TPSA) is 13.1 Å². The molecule has 0 spiro atoms. The molecule has 0 aliphatic heterocycles. The van der Waals surface area contributed by atoms with Crippen molar-refractivity contribution in [3.05, 3.63) is 158 Å². The van der Waals surface area contributed by atoms with Crippen molar-refractivity contribution in [3.63, 3.8) is 0 Å². The van der Waals surface area contributed by atoms with E-state index >= 15 is 0 Å². The van der Waals surface area contributed by atoms with E-state index in [1.54, 1.807) is 0 Å². The van der Waals surface area contributed by atoms with Gasteiger partial charge in [0.1, 0.15) is 11.2 Å². The van der Waals surface area contributed by atoms with Crippen LogP contribution in [-0.4, -0.2) is 0 Å². The Morgan fingerprint density at radius 3 is 1.72 bits per heavy atom. The largest absolute Gasteiger partial charge is 0.456 e. The number of fused-ring (bicyclic) bond motifs is 6. The third kappa shape index (κ3) is 3.65. The molecule has 8 aromatic carbocycles. The van der Waals surface area contributed by atoms with Crippen LogP contribution in [0.15, 0.2) is 162 Å². The number of rotatable bonds is 3. The molecule has 1 aromatic heterocycles. The smallest absolute Gasteiger partial charge is 0.136 e.